The van der Waals surface area contributed by atoms with Crippen molar-refractivity contribution < 1.29 is 8.63 Å². The molecule has 0 radical (unpaired) electrons. The fourth-order valence-corrected chi connectivity index (χ4v) is 2.37. The number of H-pyrrole nitrogens is 1. The van der Waals surface area contributed by atoms with Crippen molar-refractivity contribution in [1.29, 1.82) is 0 Å². The maximum Gasteiger partial charge on any atom is 0.152 e. The molecule has 2 atom stereocenters. The summed E-state index contributed by atoms with van der Waals surface area (Å²) in [6.07, 6.45) is 4.45. The maximum absolute atomic E-state index is 11.3. The Balaban J connectivity index is 1.88. The minimum absolute atomic E-state index is 0.221. The fraction of sp³-hybridized carbons (Fsp3) is 0.500. The van der Waals surface area contributed by atoms with E-state index < -0.39 is 10.8 Å². The van der Waals surface area contributed by atoms with Crippen molar-refractivity contribution in [2.45, 2.75) is 32.1 Å². The molecule has 2 heterocycles. The second-order valence-corrected chi connectivity index (χ2v) is 6.76. The lowest BCUT2D eigenvalue weighted by molar-refractivity contribution is 0.545. The SMILES string of the molecule is Cc1ccc(-c2[nH]ncc2CNCCC(C)S(C)=O)o1. The van der Waals surface area contributed by atoms with E-state index in [1.807, 2.05) is 32.2 Å². The molecule has 0 saturated heterocycles. The Labute approximate surface area is 121 Å². The van der Waals surface area contributed by atoms with Gasteiger partial charge in [-0.25, -0.2) is 0 Å². The first-order chi connectivity index (χ1) is 9.58. The third-order valence-corrected chi connectivity index (χ3v) is 4.68. The van der Waals surface area contributed by atoms with E-state index in [-0.39, 0.29) is 5.25 Å². The third kappa shape index (κ3) is 3.80. The van der Waals surface area contributed by atoms with Gasteiger partial charge in [0.1, 0.15) is 11.5 Å². The van der Waals surface area contributed by atoms with Crippen molar-refractivity contribution in [3.8, 4) is 11.5 Å². The van der Waals surface area contributed by atoms with Crippen LogP contribution in [0.5, 0.6) is 0 Å². The smallest absolute Gasteiger partial charge is 0.152 e. The Bertz CT molecular complexity index is 576. The van der Waals surface area contributed by atoms with Gasteiger partial charge in [0, 0.05) is 34.4 Å². The summed E-state index contributed by atoms with van der Waals surface area (Å²) >= 11 is 0. The van der Waals surface area contributed by atoms with Crippen molar-refractivity contribution in [1.82, 2.24) is 15.5 Å². The molecule has 2 aromatic heterocycles. The van der Waals surface area contributed by atoms with Gasteiger partial charge in [-0.3, -0.25) is 9.31 Å². The summed E-state index contributed by atoms with van der Waals surface area (Å²) in [5, 5.41) is 10.6. The predicted molar refractivity (Wildman–Crippen MR) is 80.9 cm³/mol. The van der Waals surface area contributed by atoms with Gasteiger partial charge in [0.05, 0.1) is 6.20 Å². The molecule has 20 heavy (non-hydrogen) atoms. The number of rotatable bonds is 7. The van der Waals surface area contributed by atoms with E-state index >= 15 is 0 Å². The molecule has 2 rings (SSSR count). The van der Waals surface area contributed by atoms with Crippen molar-refractivity contribution in [2.24, 2.45) is 0 Å². The number of furan rings is 1. The monoisotopic (exact) mass is 295 g/mol. The number of aromatic amines is 1. The van der Waals surface area contributed by atoms with Gasteiger partial charge in [0.2, 0.25) is 0 Å². The highest BCUT2D eigenvalue weighted by Crippen LogP contribution is 2.23. The van der Waals surface area contributed by atoms with Crippen LogP contribution in [0.1, 0.15) is 24.7 Å². The van der Waals surface area contributed by atoms with Crippen molar-refractivity contribution >= 4 is 10.8 Å². The van der Waals surface area contributed by atoms with Gasteiger partial charge in [-0.2, -0.15) is 5.10 Å². The quantitative estimate of drug-likeness (QED) is 0.768. The molecular formula is C14H21N3O2S. The minimum Gasteiger partial charge on any atom is -0.460 e. The van der Waals surface area contributed by atoms with Crippen molar-refractivity contribution in [3.05, 3.63) is 29.7 Å². The molecule has 0 aliphatic carbocycles. The van der Waals surface area contributed by atoms with E-state index in [2.05, 4.69) is 15.5 Å². The lowest BCUT2D eigenvalue weighted by Crippen LogP contribution is -2.21. The van der Waals surface area contributed by atoms with Crippen LogP contribution in [0.2, 0.25) is 0 Å². The van der Waals surface area contributed by atoms with E-state index in [0.29, 0.717) is 6.54 Å². The molecule has 0 spiro atoms. The highest BCUT2D eigenvalue weighted by molar-refractivity contribution is 7.84. The van der Waals surface area contributed by atoms with Crippen LogP contribution in [-0.2, 0) is 17.3 Å². The van der Waals surface area contributed by atoms with Crippen LogP contribution in [0.15, 0.2) is 22.7 Å². The van der Waals surface area contributed by atoms with E-state index in [4.69, 9.17) is 4.42 Å². The number of nitrogens with one attached hydrogen (secondary N) is 2. The van der Waals surface area contributed by atoms with Gasteiger partial charge in [0.15, 0.2) is 5.76 Å². The summed E-state index contributed by atoms with van der Waals surface area (Å²) < 4.78 is 16.9. The Morgan fingerprint density at radius 2 is 2.30 bits per heavy atom. The zero-order chi connectivity index (χ0) is 14.5. The molecule has 0 amide bonds. The largest absolute Gasteiger partial charge is 0.460 e. The molecule has 2 N–H and O–H groups in total. The van der Waals surface area contributed by atoms with Crippen LogP contribution in [-0.4, -0.2) is 32.5 Å². The Morgan fingerprint density at radius 3 is 2.95 bits per heavy atom. The standard InChI is InChI=1S/C14H21N3O2S/c1-10-4-5-13(19-10)14-12(9-16-17-14)8-15-7-6-11(2)20(3)18/h4-5,9,11,15H,6-8H2,1-3H3,(H,16,17). The molecule has 0 fully saturated rings. The van der Waals surface area contributed by atoms with E-state index in [0.717, 1.165) is 35.7 Å². The summed E-state index contributed by atoms with van der Waals surface area (Å²) in [5.41, 5.74) is 1.99. The molecule has 0 bridgehead atoms. The number of aromatic nitrogens is 2. The summed E-state index contributed by atoms with van der Waals surface area (Å²) in [5.74, 6) is 1.69. The topological polar surface area (TPSA) is 70.9 Å². The molecule has 0 saturated carbocycles. The van der Waals surface area contributed by atoms with E-state index in [1.54, 1.807) is 6.26 Å². The lowest BCUT2D eigenvalue weighted by Gasteiger charge is -2.09. The van der Waals surface area contributed by atoms with Crippen molar-refractivity contribution in [2.75, 3.05) is 12.8 Å². The van der Waals surface area contributed by atoms with Gasteiger partial charge in [-0.1, -0.05) is 6.92 Å². The second-order valence-electron chi connectivity index (χ2n) is 4.96. The molecule has 2 unspecified atom stereocenters. The zero-order valence-electron chi connectivity index (χ0n) is 12.1. The van der Waals surface area contributed by atoms with Gasteiger partial charge < -0.3 is 9.73 Å². The van der Waals surface area contributed by atoms with Crippen LogP contribution >= 0.6 is 0 Å². The first kappa shape index (κ1) is 15.0. The highest BCUT2D eigenvalue weighted by atomic mass is 32.2. The minimum atomic E-state index is -0.755. The third-order valence-electron chi connectivity index (χ3n) is 3.31. The van der Waals surface area contributed by atoms with Gasteiger partial charge in [0.25, 0.3) is 0 Å². The maximum atomic E-state index is 11.3. The zero-order valence-corrected chi connectivity index (χ0v) is 12.9. The summed E-state index contributed by atoms with van der Waals surface area (Å²) in [7, 11) is -0.755. The van der Waals surface area contributed by atoms with E-state index in [1.165, 1.54) is 0 Å². The van der Waals surface area contributed by atoms with Gasteiger partial charge >= 0.3 is 0 Å². The van der Waals surface area contributed by atoms with Crippen LogP contribution < -0.4 is 5.32 Å². The first-order valence-corrected chi connectivity index (χ1v) is 8.32. The normalized spacial score (nSPS) is 14.3. The molecule has 5 nitrogen and oxygen atoms in total. The average Bonchev–Trinajstić information content (AvgIpc) is 3.02. The van der Waals surface area contributed by atoms with Crippen LogP contribution in [0.25, 0.3) is 11.5 Å². The van der Waals surface area contributed by atoms with Gasteiger partial charge in [-0.15, -0.1) is 0 Å². The van der Waals surface area contributed by atoms with Gasteiger partial charge in [-0.05, 0) is 32.0 Å². The van der Waals surface area contributed by atoms with E-state index in [9.17, 15) is 4.21 Å². The van der Waals surface area contributed by atoms with Crippen LogP contribution in [0, 0.1) is 6.92 Å². The Kier molecular flexibility index (Phi) is 5.14. The molecule has 0 aromatic carbocycles. The molecule has 0 aliphatic heterocycles. The average molecular weight is 295 g/mol. The summed E-state index contributed by atoms with van der Waals surface area (Å²) in [6, 6.07) is 3.88. The van der Waals surface area contributed by atoms with Crippen LogP contribution in [0.3, 0.4) is 0 Å². The number of hydrogen-bond donors (Lipinski definition) is 2. The molecule has 6 heteroatoms. The van der Waals surface area contributed by atoms with Crippen molar-refractivity contribution in [3.63, 3.8) is 0 Å². The fourth-order valence-electron chi connectivity index (χ4n) is 1.92. The Hall–Kier alpha value is -1.40. The highest BCUT2D eigenvalue weighted by Gasteiger charge is 2.11. The lowest BCUT2D eigenvalue weighted by atomic mass is 10.2. The molecular weight excluding hydrogens is 274 g/mol. The molecule has 110 valence electrons. The first-order valence-electron chi connectivity index (χ1n) is 6.70. The molecule has 2 aromatic rings. The second kappa shape index (κ2) is 6.85. The number of aryl methyl sites for hydroxylation is 1. The number of nitrogens with zero attached hydrogens (tertiary/aromatic N) is 1. The van der Waals surface area contributed by atoms with Crippen LogP contribution in [0.4, 0.5) is 0 Å². The summed E-state index contributed by atoms with van der Waals surface area (Å²) in [6.45, 7) is 5.48. The Morgan fingerprint density at radius 1 is 1.50 bits per heavy atom. The molecule has 0 aliphatic rings. The predicted octanol–water partition coefficient (Wildman–Crippen LogP) is 2.22. The summed E-state index contributed by atoms with van der Waals surface area (Å²) in [4.78, 5) is 0. The number of hydrogen-bond acceptors (Lipinski definition) is 4.